The van der Waals surface area contributed by atoms with Gasteiger partial charge in [0, 0.05) is 6.54 Å². The highest BCUT2D eigenvalue weighted by Gasteiger charge is 2.11. The van der Waals surface area contributed by atoms with Crippen molar-refractivity contribution < 1.29 is 4.74 Å². The van der Waals surface area contributed by atoms with E-state index in [0.717, 1.165) is 25.4 Å². The standard InChI is InChI=1S/C15H25NO/c1-6-16-10-13-9-14(11(3)4)15(17-7-2)8-12(13)5/h8-9,11,16H,6-7,10H2,1-5H3. The largest absolute Gasteiger partial charge is 0.494 e. The van der Waals surface area contributed by atoms with Crippen LogP contribution in [0.4, 0.5) is 0 Å². The lowest BCUT2D eigenvalue weighted by molar-refractivity contribution is 0.335. The lowest BCUT2D eigenvalue weighted by Gasteiger charge is -2.17. The maximum atomic E-state index is 5.72. The summed E-state index contributed by atoms with van der Waals surface area (Å²) < 4.78 is 5.72. The summed E-state index contributed by atoms with van der Waals surface area (Å²) in [6, 6.07) is 4.46. The van der Waals surface area contributed by atoms with Crippen LogP contribution in [0.5, 0.6) is 5.75 Å². The van der Waals surface area contributed by atoms with E-state index in [9.17, 15) is 0 Å². The molecule has 1 aromatic carbocycles. The Bertz CT molecular complexity index is 358. The lowest BCUT2D eigenvalue weighted by atomic mass is 9.96. The zero-order valence-corrected chi connectivity index (χ0v) is 11.8. The van der Waals surface area contributed by atoms with E-state index in [1.165, 1.54) is 16.7 Å². The van der Waals surface area contributed by atoms with Crippen LogP contribution in [0.25, 0.3) is 0 Å². The topological polar surface area (TPSA) is 21.3 Å². The van der Waals surface area contributed by atoms with Gasteiger partial charge in [-0.15, -0.1) is 0 Å². The van der Waals surface area contributed by atoms with E-state index in [1.54, 1.807) is 0 Å². The fourth-order valence-electron chi connectivity index (χ4n) is 1.93. The molecular formula is C15H25NO. The van der Waals surface area contributed by atoms with Crippen molar-refractivity contribution in [1.29, 1.82) is 0 Å². The minimum atomic E-state index is 0.498. The van der Waals surface area contributed by atoms with E-state index >= 15 is 0 Å². The Labute approximate surface area is 105 Å². The molecule has 17 heavy (non-hydrogen) atoms. The van der Waals surface area contributed by atoms with Gasteiger partial charge < -0.3 is 10.1 Å². The molecule has 0 aliphatic heterocycles. The predicted octanol–water partition coefficient (Wildman–Crippen LogP) is 3.63. The third kappa shape index (κ3) is 3.74. The summed E-state index contributed by atoms with van der Waals surface area (Å²) in [5.74, 6) is 1.54. The quantitative estimate of drug-likeness (QED) is 0.813. The minimum Gasteiger partial charge on any atom is -0.494 e. The molecule has 0 radical (unpaired) electrons. The number of hydrogen-bond donors (Lipinski definition) is 1. The molecule has 0 amide bonds. The number of hydrogen-bond acceptors (Lipinski definition) is 2. The van der Waals surface area contributed by atoms with Crippen molar-refractivity contribution in [2.75, 3.05) is 13.2 Å². The Kier molecular flexibility index (Phi) is 5.49. The van der Waals surface area contributed by atoms with Gasteiger partial charge in [0.2, 0.25) is 0 Å². The van der Waals surface area contributed by atoms with Gasteiger partial charge in [0.15, 0.2) is 0 Å². The molecule has 1 N–H and O–H groups in total. The third-order valence-electron chi connectivity index (χ3n) is 2.96. The molecular weight excluding hydrogens is 210 g/mol. The van der Waals surface area contributed by atoms with Crippen LogP contribution < -0.4 is 10.1 Å². The molecule has 1 rings (SSSR count). The highest BCUT2D eigenvalue weighted by Crippen LogP contribution is 2.29. The molecule has 0 unspecified atom stereocenters. The molecule has 0 heterocycles. The van der Waals surface area contributed by atoms with E-state index in [1.807, 2.05) is 6.92 Å². The Balaban J connectivity index is 3.05. The van der Waals surface area contributed by atoms with Crippen molar-refractivity contribution in [2.45, 2.75) is 47.1 Å². The van der Waals surface area contributed by atoms with Crippen LogP contribution in [-0.2, 0) is 6.54 Å². The molecule has 2 nitrogen and oxygen atoms in total. The molecule has 1 aromatic rings. The first kappa shape index (κ1) is 14.0. The molecule has 0 fully saturated rings. The smallest absolute Gasteiger partial charge is 0.123 e. The molecule has 0 aromatic heterocycles. The van der Waals surface area contributed by atoms with Crippen molar-refractivity contribution >= 4 is 0 Å². The zero-order valence-electron chi connectivity index (χ0n) is 11.8. The summed E-state index contributed by atoms with van der Waals surface area (Å²) >= 11 is 0. The monoisotopic (exact) mass is 235 g/mol. The zero-order chi connectivity index (χ0) is 12.8. The van der Waals surface area contributed by atoms with E-state index in [4.69, 9.17) is 4.74 Å². The van der Waals surface area contributed by atoms with Gasteiger partial charge >= 0.3 is 0 Å². The van der Waals surface area contributed by atoms with Crippen molar-refractivity contribution in [3.63, 3.8) is 0 Å². The van der Waals surface area contributed by atoms with E-state index < -0.39 is 0 Å². The van der Waals surface area contributed by atoms with Crippen LogP contribution in [0.2, 0.25) is 0 Å². The molecule has 0 atom stereocenters. The summed E-state index contributed by atoms with van der Waals surface area (Å²) in [4.78, 5) is 0. The fourth-order valence-corrected chi connectivity index (χ4v) is 1.93. The number of benzene rings is 1. The highest BCUT2D eigenvalue weighted by molar-refractivity contribution is 5.43. The second-order valence-corrected chi connectivity index (χ2v) is 4.68. The van der Waals surface area contributed by atoms with Crippen LogP contribution in [0.1, 0.15) is 50.3 Å². The first-order valence-corrected chi connectivity index (χ1v) is 6.57. The maximum Gasteiger partial charge on any atom is 0.123 e. The number of ether oxygens (including phenoxy) is 1. The normalized spacial score (nSPS) is 10.9. The van der Waals surface area contributed by atoms with Crippen LogP contribution in [-0.4, -0.2) is 13.2 Å². The van der Waals surface area contributed by atoms with Crippen molar-refractivity contribution in [3.05, 3.63) is 28.8 Å². The van der Waals surface area contributed by atoms with E-state index in [0.29, 0.717) is 5.92 Å². The van der Waals surface area contributed by atoms with Crippen LogP contribution >= 0.6 is 0 Å². The molecule has 0 spiro atoms. The predicted molar refractivity (Wildman–Crippen MR) is 73.8 cm³/mol. The molecule has 0 aliphatic carbocycles. The van der Waals surface area contributed by atoms with Crippen molar-refractivity contribution in [1.82, 2.24) is 5.32 Å². The molecule has 0 saturated heterocycles. The summed E-state index contributed by atoms with van der Waals surface area (Å²) in [5.41, 5.74) is 3.99. The van der Waals surface area contributed by atoms with Gasteiger partial charge in [-0.25, -0.2) is 0 Å². The van der Waals surface area contributed by atoms with Gasteiger partial charge in [0.05, 0.1) is 6.61 Å². The SMILES string of the molecule is CCNCc1cc(C(C)C)c(OCC)cc1C. The number of rotatable bonds is 6. The highest BCUT2D eigenvalue weighted by atomic mass is 16.5. The molecule has 0 bridgehead atoms. The van der Waals surface area contributed by atoms with E-state index in [-0.39, 0.29) is 0 Å². The second-order valence-electron chi connectivity index (χ2n) is 4.68. The summed E-state index contributed by atoms with van der Waals surface area (Å²) in [6.07, 6.45) is 0. The Morgan fingerprint density at radius 1 is 1.24 bits per heavy atom. The Morgan fingerprint density at radius 2 is 1.94 bits per heavy atom. The fraction of sp³-hybridized carbons (Fsp3) is 0.600. The molecule has 2 heteroatoms. The van der Waals surface area contributed by atoms with Crippen LogP contribution in [0.3, 0.4) is 0 Å². The average molecular weight is 235 g/mol. The van der Waals surface area contributed by atoms with E-state index in [2.05, 4.69) is 45.1 Å². The Morgan fingerprint density at radius 3 is 2.47 bits per heavy atom. The van der Waals surface area contributed by atoms with Gasteiger partial charge in [-0.1, -0.05) is 26.8 Å². The van der Waals surface area contributed by atoms with Crippen molar-refractivity contribution in [2.24, 2.45) is 0 Å². The molecule has 0 saturated carbocycles. The average Bonchev–Trinajstić information content (AvgIpc) is 2.28. The van der Waals surface area contributed by atoms with Gasteiger partial charge in [-0.3, -0.25) is 0 Å². The second kappa shape index (κ2) is 6.65. The summed E-state index contributed by atoms with van der Waals surface area (Å²) in [6.45, 7) is 13.4. The first-order valence-electron chi connectivity index (χ1n) is 6.57. The summed E-state index contributed by atoms with van der Waals surface area (Å²) in [7, 11) is 0. The molecule has 96 valence electrons. The first-order chi connectivity index (χ1) is 8.10. The van der Waals surface area contributed by atoms with Crippen LogP contribution in [0, 0.1) is 6.92 Å². The van der Waals surface area contributed by atoms with Gasteiger partial charge in [0.1, 0.15) is 5.75 Å². The van der Waals surface area contributed by atoms with Crippen LogP contribution in [0.15, 0.2) is 12.1 Å². The Hall–Kier alpha value is -1.02. The minimum absolute atomic E-state index is 0.498. The number of aryl methyl sites for hydroxylation is 1. The van der Waals surface area contributed by atoms with Gasteiger partial charge in [-0.05, 0) is 49.1 Å². The third-order valence-corrected chi connectivity index (χ3v) is 2.96. The lowest BCUT2D eigenvalue weighted by Crippen LogP contribution is -2.13. The van der Waals surface area contributed by atoms with Gasteiger partial charge in [-0.2, -0.15) is 0 Å². The number of nitrogens with one attached hydrogen (secondary N) is 1. The summed E-state index contributed by atoms with van der Waals surface area (Å²) in [5, 5.41) is 3.38. The molecule has 0 aliphatic rings. The maximum absolute atomic E-state index is 5.72. The van der Waals surface area contributed by atoms with Crippen molar-refractivity contribution in [3.8, 4) is 5.75 Å². The van der Waals surface area contributed by atoms with Gasteiger partial charge in [0.25, 0.3) is 0 Å².